The first-order chi connectivity index (χ1) is 13.2. The van der Waals surface area contributed by atoms with Gasteiger partial charge in [0.15, 0.2) is 0 Å². The van der Waals surface area contributed by atoms with Gasteiger partial charge in [0.1, 0.15) is 17.5 Å². The van der Waals surface area contributed by atoms with E-state index in [2.05, 4.69) is 30.4 Å². The first-order valence-electron chi connectivity index (χ1n) is 9.66. The zero-order valence-electron chi connectivity index (χ0n) is 15.9. The number of ether oxygens (including phenoxy) is 2. The van der Waals surface area contributed by atoms with E-state index in [9.17, 15) is 4.39 Å². The maximum Gasteiger partial charge on any atom is 0.123 e. The molecule has 1 N–H and O–H groups in total. The van der Waals surface area contributed by atoms with Crippen molar-refractivity contribution in [3.05, 3.63) is 83.7 Å². The van der Waals surface area contributed by atoms with E-state index in [1.54, 1.807) is 0 Å². The predicted molar refractivity (Wildman–Crippen MR) is 106 cm³/mol. The van der Waals surface area contributed by atoms with Crippen LogP contribution < -0.4 is 5.32 Å². The molecular weight excluding hydrogens is 341 g/mol. The molecule has 0 aromatic heterocycles. The molecule has 2 atom stereocenters. The van der Waals surface area contributed by atoms with Crippen LogP contribution in [0.3, 0.4) is 0 Å². The Morgan fingerprint density at radius 3 is 2.63 bits per heavy atom. The van der Waals surface area contributed by atoms with Crippen LogP contribution in [0.4, 0.5) is 4.39 Å². The number of nitrogens with one attached hydrogen (secondary N) is 1. The van der Waals surface area contributed by atoms with Gasteiger partial charge >= 0.3 is 0 Å². The molecule has 0 unspecified atom stereocenters. The molecule has 1 fully saturated rings. The molecule has 3 rings (SSSR count). The third-order valence-corrected chi connectivity index (χ3v) is 4.99. The highest BCUT2D eigenvalue weighted by atomic mass is 19.1. The number of hydrogen-bond acceptors (Lipinski definition) is 3. The maximum atomic E-state index is 13.5. The van der Waals surface area contributed by atoms with Gasteiger partial charge in [-0.2, -0.15) is 0 Å². The number of allylic oxidation sites excluding steroid dienone is 1. The minimum atomic E-state index is -0.602. The molecule has 0 aliphatic carbocycles. The van der Waals surface area contributed by atoms with Crippen LogP contribution in [0.15, 0.2) is 66.7 Å². The summed E-state index contributed by atoms with van der Waals surface area (Å²) in [5, 5.41) is 3.41. The Labute approximate surface area is 161 Å². The van der Waals surface area contributed by atoms with Crippen molar-refractivity contribution in [3.63, 3.8) is 0 Å². The molecule has 2 aromatic carbocycles. The second-order valence-corrected chi connectivity index (χ2v) is 6.83. The van der Waals surface area contributed by atoms with Gasteiger partial charge in [0, 0.05) is 6.54 Å². The molecule has 0 bridgehead atoms. The van der Waals surface area contributed by atoms with Crippen LogP contribution in [0.2, 0.25) is 0 Å². The molecule has 0 amide bonds. The molecule has 1 aliphatic heterocycles. The normalized spacial score (nSPS) is 23.0. The van der Waals surface area contributed by atoms with Crippen LogP contribution in [-0.4, -0.2) is 25.8 Å². The summed E-state index contributed by atoms with van der Waals surface area (Å²) in [4.78, 5) is 0. The van der Waals surface area contributed by atoms with E-state index in [0.29, 0.717) is 19.8 Å². The Kier molecular flexibility index (Phi) is 7.16. The van der Waals surface area contributed by atoms with Crippen LogP contribution in [0.1, 0.15) is 30.9 Å². The zero-order valence-corrected chi connectivity index (χ0v) is 15.9. The first-order valence-corrected chi connectivity index (χ1v) is 9.66. The lowest BCUT2D eigenvalue weighted by Crippen LogP contribution is -2.54. The van der Waals surface area contributed by atoms with Crippen LogP contribution in [0.5, 0.6) is 0 Å². The van der Waals surface area contributed by atoms with Crippen molar-refractivity contribution < 1.29 is 13.9 Å². The summed E-state index contributed by atoms with van der Waals surface area (Å²) in [6.07, 6.45) is 5.75. The molecule has 1 aliphatic rings. The standard InChI is InChI=1S/C23H28FNO2/c1-2-3-7-16-26-22-17-25-15-14-23(22,20-10-12-21(24)13-11-20)27-18-19-8-5-4-6-9-19/h3-13,22,25H,2,14-18H2,1H3/t22-,23+/m0/s1. The van der Waals surface area contributed by atoms with Crippen LogP contribution in [-0.2, 0) is 21.7 Å². The second-order valence-electron chi connectivity index (χ2n) is 6.83. The minimum Gasteiger partial charge on any atom is -0.369 e. The van der Waals surface area contributed by atoms with Crippen molar-refractivity contribution in [3.8, 4) is 0 Å². The fourth-order valence-electron chi connectivity index (χ4n) is 3.53. The Morgan fingerprint density at radius 2 is 1.89 bits per heavy atom. The Morgan fingerprint density at radius 1 is 1.11 bits per heavy atom. The van der Waals surface area contributed by atoms with Gasteiger partial charge in [0.25, 0.3) is 0 Å². The van der Waals surface area contributed by atoms with E-state index in [1.165, 1.54) is 12.1 Å². The lowest BCUT2D eigenvalue weighted by molar-refractivity contribution is -0.168. The number of rotatable bonds is 8. The summed E-state index contributed by atoms with van der Waals surface area (Å²) in [5.41, 5.74) is 1.47. The summed E-state index contributed by atoms with van der Waals surface area (Å²) < 4.78 is 26.3. The number of piperidine rings is 1. The number of hydrogen-bond donors (Lipinski definition) is 1. The van der Waals surface area contributed by atoms with Gasteiger partial charge in [0.05, 0.1) is 13.2 Å². The quantitative estimate of drug-likeness (QED) is 0.691. The SMILES string of the molecule is CCC=CCO[C@H]1CNCC[C@@]1(OCc1ccccc1)c1ccc(F)cc1. The van der Waals surface area contributed by atoms with Crippen LogP contribution in [0.25, 0.3) is 0 Å². The Bertz CT molecular complexity index is 717. The Hall–Kier alpha value is -2.01. The van der Waals surface area contributed by atoms with Gasteiger partial charge < -0.3 is 14.8 Å². The topological polar surface area (TPSA) is 30.5 Å². The van der Waals surface area contributed by atoms with Crippen molar-refractivity contribution >= 4 is 0 Å². The van der Waals surface area contributed by atoms with E-state index in [4.69, 9.17) is 9.47 Å². The highest BCUT2D eigenvalue weighted by molar-refractivity contribution is 5.27. The monoisotopic (exact) mass is 369 g/mol. The average molecular weight is 369 g/mol. The maximum absolute atomic E-state index is 13.5. The summed E-state index contributed by atoms with van der Waals surface area (Å²) in [7, 11) is 0. The highest BCUT2D eigenvalue weighted by Gasteiger charge is 2.44. The number of halogens is 1. The van der Waals surface area contributed by atoms with Crippen molar-refractivity contribution in [2.75, 3.05) is 19.7 Å². The smallest absolute Gasteiger partial charge is 0.123 e. The van der Waals surface area contributed by atoms with Crippen LogP contribution in [0, 0.1) is 5.82 Å². The largest absolute Gasteiger partial charge is 0.369 e. The lowest BCUT2D eigenvalue weighted by atomic mass is 9.82. The molecule has 144 valence electrons. The predicted octanol–water partition coefficient (Wildman–Crippen LogP) is 4.58. The fraction of sp³-hybridized carbons (Fsp3) is 0.391. The highest BCUT2D eigenvalue weighted by Crippen LogP contribution is 2.38. The number of benzene rings is 2. The Balaban J connectivity index is 1.86. The molecule has 0 spiro atoms. The fourth-order valence-corrected chi connectivity index (χ4v) is 3.53. The van der Waals surface area contributed by atoms with Gasteiger partial charge in [-0.25, -0.2) is 4.39 Å². The van der Waals surface area contributed by atoms with E-state index in [0.717, 1.165) is 30.5 Å². The van der Waals surface area contributed by atoms with E-state index in [1.807, 2.05) is 36.4 Å². The van der Waals surface area contributed by atoms with Gasteiger partial charge in [-0.15, -0.1) is 0 Å². The molecule has 0 saturated carbocycles. The molecule has 3 nitrogen and oxygen atoms in total. The molecule has 1 heterocycles. The van der Waals surface area contributed by atoms with Gasteiger partial charge in [-0.3, -0.25) is 0 Å². The van der Waals surface area contributed by atoms with E-state index in [-0.39, 0.29) is 11.9 Å². The summed E-state index contributed by atoms with van der Waals surface area (Å²) in [6.45, 7) is 4.66. The molecule has 0 radical (unpaired) electrons. The van der Waals surface area contributed by atoms with Gasteiger partial charge in [0.2, 0.25) is 0 Å². The van der Waals surface area contributed by atoms with Gasteiger partial charge in [-0.1, -0.05) is 61.5 Å². The second kappa shape index (κ2) is 9.79. The van der Waals surface area contributed by atoms with E-state index >= 15 is 0 Å². The molecule has 2 aromatic rings. The summed E-state index contributed by atoms with van der Waals surface area (Å²) in [5.74, 6) is -0.241. The van der Waals surface area contributed by atoms with Crippen LogP contribution >= 0.6 is 0 Å². The molecular formula is C23H28FNO2. The summed E-state index contributed by atoms with van der Waals surface area (Å²) >= 11 is 0. The van der Waals surface area contributed by atoms with Crippen molar-refractivity contribution in [1.82, 2.24) is 5.32 Å². The molecule has 1 saturated heterocycles. The molecule has 4 heteroatoms. The molecule has 27 heavy (non-hydrogen) atoms. The lowest BCUT2D eigenvalue weighted by Gasteiger charge is -2.44. The van der Waals surface area contributed by atoms with E-state index < -0.39 is 5.60 Å². The third-order valence-electron chi connectivity index (χ3n) is 4.99. The van der Waals surface area contributed by atoms with Crippen molar-refractivity contribution in [1.29, 1.82) is 0 Å². The van der Waals surface area contributed by atoms with Crippen molar-refractivity contribution in [2.24, 2.45) is 0 Å². The minimum absolute atomic E-state index is 0.151. The zero-order chi connectivity index (χ0) is 19.0. The first kappa shape index (κ1) is 19.7. The summed E-state index contributed by atoms with van der Waals surface area (Å²) in [6, 6.07) is 16.8. The van der Waals surface area contributed by atoms with Gasteiger partial charge in [-0.05, 0) is 42.6 Å². The average Bonchev–Trinajstić information content (AvgIpc) is 2.72. The third kappa shape index (κ3) is 5.04. The van der Waals surface area contributed by atoms with Crippen molar-refractivity contribution in [2.45, 2.75) is 38.1 Å².